The number of amides is 3. The molecule has 3 heterocycles. The van der Waals surface area contributed by atoms with Crippen LogP contribution >= 0.6 is 0 Å². The average molecular weight is 690 g/mol. The molecule has 1 saturated heterocycles. The smallest absolute Gasteiger partial charge is 0.415 e. The Bertz CT molecular complexity index is 1750. The predicted molar refractivity (Wildman–Crippen MR) is 180 cm³/mol. The maximum absolute atomic E-state index is 13.3. The van der Waals surface area contributed by atoms with Gasteiger partial charge < -0.3 is 50.8 Å². The van der Waals surface area contributed by atoms with E-state index in [0.29, 0.717) is 53.4 Å². The number of hydrogen-bond donors (Lipinski definition) is 4. The van der Waals surface area contributed by atoms with Gasteiger partial charge in [0, 0.05) is 55.7 Å². The molecule has 2 fully saturated rings. The minimum Gasteiger partial charge on any atom is -0.477 e. The van der Waals surface area contributed by atoms with Crippen molar-refractivity contribution in [1.29, 1.82) is 0 Å². The fourth-order valence-corrected chi connectivity index (χ4v) is 8.38. The van der Waals surface area contributed by atoms with E-state index in [1.807, 2.05) is 6.07 Å². The molecule has 50 heavy (non-hydrogen) atoms. The number of carbonyl (C=O) groups is 4. The average Bonchev–Trinajstić information content (AvgIpc) is 3.71. The highest BCUT2D eigenvalue weighted by Crippen LogP contribution is 2.63. The summed E-state index contributed by atoms with van der Waals surface area (Å²) in [6.45, 7) is 1.46. The number of hydrogen-bond acceptors (Lipinski definition) is 10. The number of nitrogens with two attached hydrogens (primary N) is 2. The van der Waals surface area contributed by atoms with Crippen LogP contribution in [0.4, 0.5) is 4.79 Å². The molecule has 3 aliphatic heterocycles. The van der Waals surface area contributed by atoms with Crippen molar-refractivity contribution in [2.24, 2.45) is 22.4 Å². The van der Waals surface area contributed by atoms with Gasteiger partial charge in [0.2, 0.25) is 12.7 Å². The van der Waals surface area contributed by atoms with E-state index >= 15 is 0 Å². The number of fused-ring (bicyclic) bond motifs is 1. The molecule has 5 atom stereocenters. The lowest BCUT2D eigenvalue weighted by molar-refractivity contribution is -0.138. The van der Waals surface area contributed by atoms with Crippen molar-refractivity contribution >= 4 is 29.7 Å². The van der Waals surface area contributed by atoms with Gasteiger partial charge in [-0.1, -0.05) is 6.07 Å². The number of carbonyl (C=O) groups excluding carboxylic acids is 4. The summed E-state index contributed by atoms with van der Waals surface area (Å²) in [5.41, 5.74) is 13.0. The number of ether oxygens (including phenoxy) is 4. The molecular formula is C35H43N7O8. The molecule has 2 aromatic carbocycles. The van der Waals surface area contributed by atoms with Gasteiger partial charge in [0.15, 0.2) is 40.8 Å². The molecule has 5 aliphatic rings. The molecule has 15 heteroatoms. The highest BCUT2D eigenvalue weighted by atomic mass is 16.7. The lowest BCUT2D eigenvalue weighted by Crippen LogP contribution is -2.65. The van der Waals surface area contributed by atoms with Crippen LogP contribution in [0.25, 0.3) is 0 Å². The van der Waals surface area contributed by atoms with Crippen molar-refractivity contribution < 1.29 is 38.1 Å². The summed E-state index contributed by atoms with van der Waals surface area (Å²) in [6, 6.07) is 7.99. The zero-order valence-electron chi connectivity index (χ0n) is 28.2. The van der Waals surface area contributed by atoms with Crippen LogP contribution in [0.15, 0.2) is 35.3 Å². The minimum absolute atomic E-state index is 0.0628. The Morgan fingerprint density at radius 3 is 2.82 bits per heavy atom. The predicted octanol–water partition coefficient (Wildman–Crippen LogP) is 1.05. The van der Waals surface area contributed by atoms with Crippen molar-refractivity contribution in [2.45, 2.75) is 62.1 Å². The Morgan fingerprint density at radius 1 is 1.18 bits per heavy atom. The fraction of sp³-hybridized carbons (Fsp3) is 0.514. The number of rotatable bonds is 11. The maximum Gasteiger partial charge on any atom is 0.415 e. The third-order valence-corrected chi connectivity index (χ3v) is 10.8. The van der Waals surface area contributed by atoms with Crippen LogP contribution in [0.2, 0.25) is 0 Å². The minimum atomic E-state index is -0.898. The van der Waals surface area contributed by atoms with Crippen molar-refractivity contribution in [3.63, 3.8) is 0 Å². The Kier molecular flexibility index (Phi) is 8.93. The molecule has 6 N–H and O–H groups in total. The number of likely N-dealkylation sites (N-methyl/N-ethyl adjacent to an activating group) is 2. The van der Waals surface area contributed by atoms with Gasteiger partial charge in [0.1, 0.15) is 6.04 Å². The van der Waals surface area contributed by atoms with E-state index in [-0.39, 0.29) is 50.0 Å². The number of nitrogens with zero attached hydrogens (tertiary/aromatic N) is 3. The number of nitrogens with one attached hydrogen (secondary N) is 2. The van der Waals surface area contributed by atoms with Gasteiger partial charge in [0.25, 0.3) is 5.91 Å². The first-order valence-corrected chi connectivity index (χ1v) is 17.1. The molecule has 1 spiro atoms. The third kappa shape index (κ3) is 5.92. The van der Waals surface area contributed by atoms with E-state index < -0.39 is 30.1 Å². The molecule has 266 valence electrons. The highest BCUT2D eigenvalue weighted by molar-refractivity contribution is 5.98. The lowest BCUT2D eigenvalue weighted by atomic mass is 9.52. The lowest BCUT2D eigenvalue weighted by Gasteiger charge is -2.57. The van der Waals surface area contributed by atoms with Crippen LogP contribution in [0.1, 0.15) is 53.6 Å². The topological polar surface area (TPSA) is 200 Å². The number of Topliss-reactive ketones (excluding diaryl/α,β-unsaturated/α-hetero) is 1. The molecule has 1 saturated carbocycles. The van der Waals surface area contributed by atoms with Crippen LogP contribution in [-0.4, -0.2) is 105 Å². The van der Waals surface area contributed by atoms with E-state index in [9.17, 15) is 19.2 Å². The van der Waals surface area contributed by atoms with Crippen molar-refractivity contribution in [3.8, 4) is 23.0 Å². The van der Waals surface area contributed by atoms with E-state index in [0.717, 1.165) is 36.9 Å². The second-order valence-corrected chi connectivity index (χ2v) is 13.7. The van der Waals surface area contributed by atoms with Crippen LogP contribution in [0.5, 0.6) is 23.0 Å². The number of benzene rings is 2. The number of guanidine groups is 1. The maximum atomic E-state index is 13.3. The zero-order valence-corrected chi connectivity index (χ0v) is 28.2. The quantitative estimate of drug-likeness (QED) is 0.149. The van der Waals surface area contributed by atoms with Crippen molar-refractivity contribution in [3.05, 3.63) is 47.0 Å². The standard InChI is InChI=1S/C35H43N7O8/c1-41-14-11-35-21-7-8-24(43)30(35)50-29-26(10-5-19(28(29)35)16-23(21)41)49-34(46)42(2)15-13-38-32(45)22(4-3-12-39-33(36)37)40-31(44)20-6-9-25-27(17-20)48-18-47-25/h5-6,9-10,17,21-23,30H,3-4,7-8,11-16,18H2,1-2H3,(H,38,45)(H,40,44)(H4,36,37,39)/t21?,22-,23?,30?,35?/m0/s1. The van der Waals surface area contributed by atoms with Gasteiger partial charge in [-0.15, -0.1) is 0 Å². The summed E-state index contributed by atoms with van der Waals surface area (Å²) in [6.07, 6.45) is 2.54. The Balaban J connectivity index is 0.981. The molecule has 4 unspecified atom stereocenters. The Labute approximate surface area is 289 Å². The first-order valence-electron chi connectivity index (χ1n) is 17.1. The van der Waals surface area contributed by atoms with E-state index in [1.54, 1.807) is 31.3 Å². The first kappa shape index (κ1) is 33.4. The highest BCUT2D eigenvalue weighted by Gasteiger charge is 2.65. The number of ketones is 1. The van der Waals surface area contributed by atoms with E-state index in [4.69, 9.17) is 30.4 Å². The van der Waals surface area contributed by atoms with Crippen LogP contribution in [-0.2, 0) is 21.4 Å². The van der Waals surface area contributed by atoms with Gasteiger partial charge in [-0.2, -0.15) is 0 Å². The van der Waals surface area contributed by atoms with Crippen molar-refractivity contribution in [1.82, 2.24) is 20.4 Å². The second-order valence-electron chi connectivity index (χ2n) is 13.7. The molecular weight excluding hydrogens is 646 g/mol. The summed E-state index contributed by atoms with van der Waals surface area (Å²) in [4.78, 5) is 60.6. The summed E-state index contributed by atoms with van der Waals surface area (Å²) < 4.78 is 23.0. The van der Waals surface area contributed by atoms with Gasteiger partial charge in [-0.3, -0.25) is 19.4 Å². The molecule has 0 aromatic heterocycles. The molecule has 15 nitrogen and oxygen atoms in total. The zero-order chi connectivity index (χ0) is 35.2. The van der Waals surface area contributed by atoms with Gasteiger partial charge in [0.05, 0.1) is 0 Å². The molecule has 2 aromatic rings. The number of likely N-dealkylation sites (tertiary alicyclic amines) is 1. The van der Waals surface area contributed by atoms with Crippen molar-refractivity contribution in [2.75, 3.05) is 47.1 Å². The normalized spacial score (nSPS) is 24.4. The SMILES string of the molecule is CN(CCNC(=O)[C@H](CCCN=C(N)N)NC(=O)c1ccc2c(c1)OCO2)C(=O)Oc1ccc2c3c1OC1C(=O)CCC4C(C2)N(C)CCC314. The van der Waals surface area contributed by atoms with E-state index in [1.165, 1.54) is 4.90 Å². The first-order chi connectivity index (χ1) is 24.1. The Hall–Kier alpha value is -5.05. The van der Waals surface area contributed by atoms with Gasteiger partial charge >= 0.3 is 6.09 Å². The van der Waals surface area contributed by atoms with E-state index in [2.05, 4.69) is 27.6 Å². The number of aliphatic imine (C=N–C) groups is 1. The molecule has 0 radical (unpaired) electrons. The fourth-order valence-electron chi connectivity index (χ4n) is 8.38. The second kappa shape index (κ2) is 13.3. The molecule has 2 aliphatic carbocycles. The third-order valence-electron chi connectivity index (χ3n) is 10.8. The van der Waals surface area contributed by atoms with Crippen LogP contribution in [0, 0.1) is 5.92 Å². The molecule has 3 amide bonds. The van der Waals surface area contributed by atoms with Gasteiger partial charge in [-0.05, 0) is 81.4 Å². The monoisotopic (exact) mass is 689 g/mol. The Morgan fingerprint density at radius 2 is 2.00 bits per heavy atom. The van der Waals surface area contributed by atoms with Gasteiger partial charge in [-0.25, -0.2) is 4.79 Å². The summed E-state index contributed by atoms with van der Waals surface area (Å²) in [7, 11) is 3.73. The van der Waals surface area contributed by atoms with Crippen LogP contribution in [0.3, 0.4) is 0 Å². The van der Waals surface area contributed by atoms with Crippen LogP contribution < -0.4 is 41.0 Å². The summed E-state index contributed by atoms with van der Waals surface area (Å²) in [5.74, 6) is 1.25. The molecule has 2 bridgehead atoms. The number of piperidine rings is 1. The summed E-state index contributed by atoms with van der Waals surface area (Å²) in [5, 5.41) is 5.59. The largest absolute Gasteiger partial charge is 0.477 e. The summed E-state index contributed by atoms with van der Waals surface area (Å²) >= 11 is 0. The molecule has 7 rings (SSSR count).